The van der Waals surface area contributed by atoms with Gasteiger partial charge in [0.15, 0.2) is 18.9 Å². The fraction of sp³-hybridized carbons (Fsp3) is 0.788. The number of methoxy groups -OCH3 is 1. The average molecular weight is 733 g/mol. The monoisotopic (exact) mass is 732 g/mol. The van der Waals surface area contributed by atoms with Crippen LogP contribution in [-0.4, -0.2) is 164 Å². The molecular weight excluding hydrogens is 680 g/mol. The molecule has 284 valence electrons. The van der Waals surface area contributed by atoms with Gasteiger partial charge < -0.3 is 73.3 Å². The minimum Gasteiger partial charge on any atom is -0.459 e. The van der Waals surface area contributed by atoms with Gasteiger partial charge in [-0.25, -0.2) is 4.79 Å². The molecule has 1 aromatic carbocycles. The highest BCUT2D eigenvalue weighted by Gasteiger charge is 2.51. The predicted molar refractivity (Wildman–Crippen MR) is 173 cm³/mol. The maximum atomic E-state index is 13.2. The molecule has 3 aliphatic heterocycles. The SMILES string of the molecule is COC1OC(COC2OC(COC(=O)c3c(C)c(C)c(C)c(C)c3C)C(O)C(O)C2O)C(OC2OC(CO[Si]C)C(C)C(O)C2O)C(O)C1O. The van der Waals surface area contributed by atoms with Crippen LogP contribution in [0.15, 0.2) is 0 Å². The molecule has 0 amide bonds. The van der Waals surface area contributed by atoms with Crippen molar-refractivity contribution in [2.24, 2.45) is 5.92 Å². The molecule has 0 saturated carbocycles. The van der Waals surface area contributed by atoms with Crippen molar-refractivity contribution in [1.82, 2.24) is 0 Å². The third-order valence-electron chi connectivity index (χ3n) is 10.3. The van der Waals surface area contributed by atoms with Gasteiger partial charge in [0.2, 0.25) is 9.76 Å². The van der Waals surface area contributed by atoms with E-state index >= 15 is 0 Å². The molecule has 3 saturated heterocycles. The van der Waals surface area contributed by atoms with E-state index < -0.39 is 111 Å². The van der Waals surface area contributed by atoms with Gasteiger partial charge >= 0.3 is 5.97 Å². The van der Waals surface area contributed by atoms with Gasteiger partial charge in [-0.1, -0.05) is 6.92 Å². The molecule has 4 rings (SSSR count). The van der Waals surface area contributed by atoms with Crippen LogP contribution in [0, 0.1) is 40.5 Å². The molecule has 3 heterocycles. The largest absolute Gasteiger partial charge is 0.459 e. The van der Waals surface area contributed by atoms with Gasteiger partial charge in [0.25, 0.3) is 0 Å². The number of aliphatic hydroxyl groups excluding tert-OH is 7. The van der Waals surface area contributed by atoms with Crippen molar-refractivity contribution in [3.63, 3.8) is 0 Å². The minimum atomic E-state index is -1.76. The fourth-order valence-corrected chi connectivity index (χ4v) is 6.84. The van der Waals surface area contributed by atoms with Gasteiger partial charge in [-0.3, -0.25) is 0 Å². The number of benzene rings is 1. The fourth-order valence-electron chi connectivity index (χ4n) is 6.51. The van der Waals surface area contributed by atoms with Crippen LogP contribution < -0.4 is 0 Å². The molecule has 17 heteroatoms. The third-order valence-corrected chi connectivity index (χ3v) is 10.8. The number of ether oxygens (including phenoxy) is 7. The normalized spacial score (nSPS) is 39.4. The Morgan fingerprint density at radius 3 is 1.78 bits per heavy atom. The van der Waals surface area contributed by atoms with Crippen molar-refractivity contribution >= 4 is 15.7 Å². The number of aliphatic hydroxyl groups is 7. The Morgan fingerprint density at radius 2 is 1.18 bits per heavy atom. The summed E-state index contributed by atoms with van der Waals surface area (Å²) in [7, 11) is 1.39. The maximum Gasteiger partial charge on any atom is 0.338 e. The zero-order valence-corrected chi connectivity index (χ0v) is 30.6. The lowest BCUT2D eigenvalue weighted by atomic mass is 9.89. The summed E-state index contributed by atoms with van der Waals surface area (Å²) in [6.45, 7) is 12.0. The van der Waals surface area contributed by atoms with Crippen molar-refractivity contribution in [2.75, 3.05) is 26.9 Å². The maximum absolute atomic E-state index is 13.2. The van der Waals surface area contributed by atoms with Gasteiger partial charge in [0.05, 0.1) is 31.0 Å². The Balaban J connectivity index is 1.47. The Bertz CT molecular complexity index is 1270. The highest BCUT2D eigenvalue weighted by molar-refractivity contribution is 6.24. The van der Waals surface area contributed by atoms with Crippen molar-refractivity contribution in [1.29, 1.82) is 0 Å². The molecule has 3 aliphatic rings. The van der Waals surface area contributed by atoms with E-state index in [4.69, 9.17) is 37.6 Å². The van der Waals surface area contributed by atoms with Gasteiger partial charge in [0, 0.05) is 13.0 Å². The molecule has 16 nitrogen and oxygen atoms in total. The highest BCUT2D eigenvalue weighted by Crippen LogP contribution is 2.33. The summed E-state index contributed by atoms with van der Waals surface area (Å²) in [5, 5.41) is 75.2. The smallest absolute Gasteiger partial charge is 0.338 e. The van der Waals surface area contributed by atoms with Crippen molar-refractivity contribution in [3.8, 4) is 0 Å². The molecular formula is C33H52O16Si. The van der Waals surface area contributed by atoms with Crippen LogP contribution in [0.25, 0.3) is 0 Å². The van der Waals surface area contributed by atoms with Crippen molar-refractivity contribution in [2.45, 2.75) is 134 Å². The van der Waals surface area contributed by atoms with E-state index in [1.165, 1.54) is 7.11 Å². The number of hydrogen-bond donors (Lipinski definition) is 7. The van der Waals surface area contributed by atoms with Crippen LogP contribution in [-0.2, 0) is 37.6 Å². The van der Waals surface area contributed by atoms with Gasteiger partial charge in [0.1, 0.15) is 61.5 Å². The molecule has 0 aromatic heterocycles. The van der Waals surface area contributed by atoms with E-state index in [2.05, 4.69) is 0 Å². The van der Waals surface area contributed by atoms with Gasteiger partial charge in [-0.05, 0) is 69.0 Å². The molecule has 15 unspecified atom stereocenters. The number of esters is 1. The van der Waals surface area contributed by atoms with E-state index in [0.717, 1.165) is 27.8 Å². The summed E-state index contributed by atoms with van der Waals surface area (Å²) in [4.78, 5) is 13.2. The van der Waals surface area contributed by atoms with Crippen LogP contribution in [0.2, 0.25) is 6.55 Å². The van der Waals surface area contributed by atoms with Crippen LogP contribution in [0.1, 0.15) is 45.1 Å². The van der Waals surface area contributed by atoms with Crippen molar-refractivity contribution < 1.29 is 78.1 Å². The molecule has 2 radical (unpaired) electrons. The lowest BCUT2D eigenvalue weighted by Crippen LogP contribution is -2.64. The Hall–Kier alpha value is -1.65. The molecule has 15 atom stereocenters. The first-order valence-electron chi connectivity index (χ1n) is 16.6. The standard InChI is InChI=1S/C33H52O16Si/c1-12-13(2)15(4)21(16(5)14(12)3)30(41)43-9-19-23(35)24(36)27(39)32(47-19)44-10-20-29(25(37)28(40)31(42-7)48-20)49-33-26(38)22(34)17(6)18(46-33)11-45-50-8/h17-20,22-29,31-40H,9-11H2,1-8H3. The molecule has 1 aromatic rings. The third kappa shape index (κ3) is 8.43. The second-order valence-electron chi connectivity index (χ2n) is 13.2. The zero-order chi connectivity index (χ0) is 37.2. The molecule has 0 aliphatic carbocycles. The number of carbonyl (C=O) groups is 1. The van der Waals surface area contributed by atoms with Crippen LogP contribution in [0.5, 0.6) is 0 Å². The molecule has 3 fully saturated rings. The topological polar surface area (TPSA) is 233 Å². The van der Waals surface area contributed by atoms with E-state index in [1.54, 1.807) is 6.92 Å². The van der Waals surface area contributed by atoms with Crippen LogP contribution >= 0.6 is 0 Å². The highest BCUT2D eigenvalue weighted by atomic mass is 28.2. The lowest BCUT2D eigenvalue weighted by Gasteiger charge is -2.47. The lowest BCUT2D eigenvalue weighted by molar-refractivity contribution is -0.361. The number of carbonyl (C=O) groups excluding carboxylic acids is 1. The quantitative estimate of drug-likeness (QED) is 0.0953. The zero-order valence-electron chi connectivity index (χ0n) is 29.6. The predicted octanol–water partition coefficient (Wildman–Crippen LogP) is -1.55. The first-order chi connectivity index (χ1) is 23.5. The molecule has 7 N–H and O–H groups in total. The second kappa shape index (κ2) is 17.4. The second-order valence-corrected chi connectivity index (χ2v) is 13.9. The molecule has 50 heavy (non-hydrogen) atoms. The van der Waals surface area contributed by atoms with Crippen molar-refractivity contribution in [3.05, 3.63) is 33.4 Å². The first-order valence-corrected chi connectivity index (χ1v) is 18.0. The molecule has 0 bridgehead atoms. The summed E-state index contributed by atoms with van der Waals surface area (Å²) in [6, 6.07) is 0. The summed E-state index contributed by atoms with van der Waals surface area (Å²) in [5.41, 5.74) is 4.85. The van der Waals surface area contributed by atoms with E-state index in [-0.39, 0.29) is 16.4 Å². The number of hydrogen-bond acceptors (Lipinski definition) is 16. The van der Waals surface area contributed by atoms with E-state index in [9.17, 15) is 40.5 Å². The van der Waals surface area contributed by atoms with Gasteiger partial charge in [-0.15, -0.1) is 0 Å². The van der Waals surface area contributed by atoms with Gasteiger partial charge in [-0.2, -0.15) is 0 Å². The van der Waals surface area contributed by atoms with E-state index in [0.29, 0.717) is 5.56 Å². The summed E-state index contributed by atoms with van der Waals surface area (Å²) >= 11 is 0. The first kappa shape index (κ1) is 41.1. The summed E-state index contributed by atoms with van der Waals surface area (Å²) in [5.74, 6) is -1.17. The summed E-state index contributed by atoms with van der Waals surface area (Å²) in [6.07, 6.45) is -20.4. The van der Waals surface area contributed by atoms with Crippen LogP contribution in [0.4, 0.5) is 0 Å². The van der Waals surface area contributed by atoms with Crippen LogP contribution in [0.3, 0.4) is 0 Å². The Morgan fingerprint density at radius 1 is 0.640 bits per heavy atom. The Kier molecular flexibility index (Phi) is 14.3. The average Bonchev–Trinajstić information content (AvgIpc) is 3.10. The Labute approximate surface area is 294 Å². The number of rotatable bonds is 12. The van der Waals surface area contributed by atoms with E-state index in [1.807, 2.05) is 41.2 Å². The minimum absolute atomic E-state index is 0.107. The summed E-state index contributed by atoms with van der Waals surface area (Å²) < 4.78 is 45.3. The molecule has 0 spiro atoms.